The monoisotopic (exact) mass is 402 g/mol. The first-order chi connectivity index (χ1) is 12.2. The summed E-state index contributed by atoms with van der Waals surface area (Å²) in [4.78, 5) is 37.9. The van der Waals surface area contributed by atoms with Crippen molar-refractivity contribution in [3.8, 4) is 11.5 Å². The number of carbonyl (C=O) groups is 3. The van der Waals surface area contributed by atoms with Gasteiger partial charge in [-0.3, -0.25) is 9.59 Å². The predicted molar refractivity (Wildman–Crippen MR) is 91.9 cm³/mol. The summed E-state index contributed by atoms with van der Waals surface area (Å²) in [6, 6.07) is 3.08. The Morgan fingerprint density at radius 2 is 1.78 bits per heavy atom. The number of rotatable bonds is 5. The molecule has 0 aliphatic carbocycles. The Labute approximate surface area is 183 Å². The van der Waals surface area contributed by atoms with Gasteiger partial charge in [-0.15, -0.1) is 11.8 Å². The van der Waals surface area contributed by atoms with Gasteiger partial charge in [-0.2, -0.15) is 0 Å². The molecule has 27 heavy (non-hydrogen) atoms. The molecule has 2 heterocycles. The number of carbonyl (C=O) groups excluding carboxylic acids is 3. The number of aliphatic carboxylic acids is 1. The van der Waals surface area contributed by atoms with Gasteiger partial charge in [0.1, 0.15) is 28.5 Å². The molecule has 3 atom stereocenters. The minimum absolute atomic E-state index is 0. The summed E-state index contributed by atoms with van der Waals surface area (Å²) < 4.78 is 9.71. The topological polar surface area (TPSA) is 108 Å². The number of nitrogens with one attached hydrogen (secondary N) is 1. The molecule has 0 radical (unpaired) electrons. The van der Waals surface area contributed by atoms with Gasteiger partial charge in [0.15, 0.2) is 0 Å². The van der Waals surface area contributed by atoms with Crippen molar-refractivity contribution < 1.29 is 58.5 Å². The molecular formula is C17H19N2NaO6S. The van der Waals surface area contributed by atoms with E-state index in [0.29, 0.717) is 11.5 Å². The second-order valence-electron chi connectivity index (χ2n) is 6.57. The zero-order valence-corrected chi connectivity index (χ0v) is 18.6. The average molecular weight is 402 g/mol. The number of amides is 2. The molecule has 1 aromatic carbocycles. The third-order valence-electron chi connectivity index (χ3n) is 4.61. The zero-order chi connectivity index (χ0) is 19.2. The summed E-state index contributed by atoms with van der Waals surface area (Å²) in [5, 5.41) is 13.7. The maximum atomic E-state index is 12.7. The second kappa shape index (κ2) is 7.90. The van der Waals surface area contributed by atoms with Gasteiger partial charge in [-0.1, -0.05) is 6.07 Å². The number of benzene rings is 1. The van der Waals surface area contributed by atoms with E-state index in [4.69, 9.17) is 9.47 Å². The van der Waals surface area contributed by atoms with E-state index in [9.17, 15) is 19.5 Å². The fourth-order valence-corrected chi connectivity index (χ4v) is 5.04. The maximum absolute atomic E-state index is 12.7. The largest absolute Gasteiger partial charge is 1.00 e. The molecule has 2 fully saturated rings. The molecular weight excluding hydrogens is 383 g/mol. The summed E-state index contributed by atoms with van der Waals surface area (Å²) in [6.07, 6.45) is 0. The molecule has 3 rings (SSSR count). The van der Waals surface area contributed by atoms with E-state index in [-0.39, 0.29) is 35.1 Å². The van der Waals surface area contributed by atoms with Crippen LogP contribution in [0.5, 0.6) is 11.5 Å². The number of hydrogen-bond donors (Lipinski definition) is 1. The smallest absolute Gasteiger partial charge is 0.548 e. The van der Waals surface area contributed by atoms with Crippen molar-refractivity contribution >= 4 is 29.5 Å². The summed E-state index contributed by atoms with van der Waals surface area (Å²) in [5.41, 5.74) is 0.183. The SMILES string of the molecule is COc1cccc(OC)c1C(=O)NC1C(=O)N2C1SC(C)(C)C2C(=O)[O-].[Na+]. The van der Waals surface area contributed by atoms with Crippen LogP contribution in [0.1, 0.15) is 24.2 Å². The fraction of sp³-hybridized carbons (Fsp3) is 0.471. The van der Waals surface area contributed by atoms with Crippen molar-refractivity contribution in [2.45, 2.75) is 36.1 Å². The second-order valence-corrected chi connectivity index (χ2v) is 8.34. The van der Waals surface area contributed by atoms with Crippen LogP contribution in [0.25, 0.3) is 0 Å². The van der Waals surface area contributed by atoms with Gasteiger partial charge in [0.2, 0.25) is 5.91 Å². The van der Waals surface area contributed by atoms with Crippen LogP contribution in [0.3, 0.4) is 0 Å². The van der Waals surface area contributed by atoms with E-state index in [1.807, 2.05) is 0 Å². The number of ether oxygens (including phenoxy) is 2. The van der Waals surface area contributed by atoms with Gasteiger partial charge in [0.05, 0.1) is 26.2 Å². The molecule has 1 aromatic rings. The number of methoxy groups -OCH3 is 2. The fourth-order valence-electron chi connectivity index (χ4n) is 3.41. The third-order valence-corrected chi connectivity index (χ3v) is 6.18. The van der Waals surface area contributed by atoms with Crippen molar-refractivity contribution in [3.05, 3.63) is 23.8 Å². The molecule has 0 spiro atoms. The standard InChI is InChI=1S/C17H20N2O6S.Na/c1-17(2)12(16(22)23)19-14(21)11(15(19)26-17)18-13(20)10-8(24-3)6-5-7-9(10)25-4;/h5-7,11-12,15H,1-4H3,(H,18,20)(H,22,23);/q;+1/p-1. The molecule has 3 unspecified atom stereocenters. The quantitative estimate of drug-likeness (QED) is 0.404. The van der Waals surface area contributed by atoms with Crippen LogP contribution >= 0.6 is 11.8 Å². The van der Waals surface area contributed by atoms with Crippen molar-refractivity contribution in [2.75, 3.05) is 14.2 Å². The van der Waals surface area contributed by atoms with Crippen LogP contribution in [0.2, 0.25) is 0 Å². The van der Waals surface area contributed by atoms with E-state index in [0.717, 1.165) is 0 Å². The van der Waals surface area contributed by atoms with Crippen LogP contribution in [0, 0.1) is 0 Å². The van der Waals surface area contributed by atoms with Crippen LogP contribution < -0.4 is 49.5 Å². The Morgan fingerprint density at radius 3 is 2.26 bits per heavy atom. The first-order valence-corrected chi connectivity index (χ1v) is 8.83. The predicted octanol–water partition coefficient (Wildman–Crippen LogP) is -3.38. The Morgan fingerprint density at radius 1 is 1.22 bits per heavy atom. The van der Waals surface area contributed by atoms with E-state index < -0.39 is 40.0 Å². The molecule has 2 aliphatic rings. The molecule has 8 nitrogen and oxygen atoms in total. The van der Waals surface area contributed by atoms with Crippen LogP contribution in [0.4, 0.5) is 0 Å². The van der Waals surface area contributed by atoms with Gasteiger partial charge in [-0.25, -0.2) is 0 Å². The summed E-state index contributed by atoms with van der Waals surface area (Å²) >= 11 is 1.33. The van der Waals surface area contributed by atoms with Gasteiger partial charge in [0, 0.05) is 4.75 Å². The Balaban J connectivity index is 0.00000261. The molecule has 2 saturated heterocycles. The van der Waals surface area contributed by atoms with Gasteiger partial charge >= 0.3 is 29.6 Å². The Hall–Kier alpha value is -1.42. The number of thioether (sulfide) groups is 1. The number of carboxylic acids is 1. The molecule has 140 valence electrons. The molecule has 0 saturated carbocycles. The number of hydrogen-bond acceptors (Lipinski definition) is 7. The van der Waals surface area contributed by atoms with Crippen molar-refractivity contribution in [1.29, 1.82) is 0 Å². The minimum Gasteiger partial charge on any atom is -0.548 e. The van der Waals surface area contributed by atoms with Gasteiger partial charge in [-0.05, 0) is 26.0 Å². The number of carboxylic acid groups (broad SMARTS) is 1. The molecule has 0 bridgehead atoms. The maximum Gasteiger partial charge on any atom is 1.00 e. The summed E-state index contributed by atoms with van der Waals surface area (Å²) in [6.45, 7) is 3.48. The summed E-state index contributed by atoms with van der Waals surface area (Å²) in [7, 11) is 2.86. The first-order valence-electron chi connectivity index (χ1n) is 7.95. The number of nitrogens with zero attached hydrogens (tertiary/aromatic N) is 1. The normalized spacial score (nSPS) is 25.0. The van der Waals surface area contributed by atoms with E-state index in [2.05, 4.69) is 5.32 Å². The van der Waals surface area contributed by atoms with Gasteiger partial charge < -0.3 is 29.6 Å². The van der Waals surface area contributed by atoms with Crippen molar-refractivity contribution in [3.63, 3.8) is 0 Å². The average Bonchev–Trinajstić information content (AvgIpc) is 2.86. The first kappa shape index (κ1) is 21.9. The number of fused-ring (bicyclic) bond motifs is 1. The van der Waals surface area contributed by atoms with Crippen LogP contribution in [-0.2, 0) is 9.59 Å². The van der Waals surface area contributed by atoms with Crippen LogP contribution in [-0.4, -0.2) is 59.1 Å². The molecule has 2 amide bonds. The summed E-state index contributed by atoms with van der Waals surface area (Å²) in [5.74, 6) is -1.62. The number of β-lactam (4-membered cyclic amide) rings is 1. The van der Waals surface area contributed by atoms with E-state index in [1.54, 1.807) is 32.0 Å². The minimum atomic E-state index is -1.30. The van der Waals surface area contributed by atoms with E-state index in [1.165, 1.54) is 30.9 Å². The third kappa shape index (κ3) is 3.53. The van der Waals surface area contributed by atoms with E-state index >= 15 is 0 Å². The van der Waals surface area contributed by atoms with Gasteiger partial charge in [0.25, 0.3) is 5.91 Å². The zero-order valence-electron chi connectivity index (χ0n) is 15.8. The molecule has 0 aromatic heterocycles. The Kier molecular flexibility index (Phi) is 6.40. The Bertz CT molecular complexity index is 764. The van der Waals surface area contributed by atoms with Crippen LogP contribution in [0.15, 0.2) is 18.2 Å². The molecule has 1 N–H and O–H groups in total. The molecule has 2 aliphatic heterocycles. The van der Waals surface area contributed by atoms with Crippen molar-refractivity contribution in [2.24, 2.45) is 0 Å². The van der Waals surface area contributed by atoms with Crippen molar-refractivity contribution in [1.82, 2.24) is 10.2 Å². The molecule has 10 heteroatoms.